The summed E-state index contributed by atoms with van der Waals surface area (Å²) in [6, 6.07) is 0. The lowest BCUT2D eigenvalue weighted by molar-refractivity contribution is -0.161. The van der Waals surface area contributed by atoms with E-state index in [1.54, 1.807) is 0 Å². The van der Waals surface area contributed by atoms with Gasteiger partial charge in [0.15, 0.2) is 12.2 Å². The highest BCUT2D eigenvalue weighted by atomic mass is 31.2. The van der Waals surface area contributed by atoms with Crippen molar-refractivity contribution in [3.63, 3.8) is 0 Å². The molecular formula is C76H148O17P2. The summed E-state index contributed by atoms with van der Waals surface area (Å²) in [5.41, 5.74) is 0. The van der Waals surface area contributed by atoms with E-state index in [2.05, 4.69) is 48.5 Å². The zero-order chi connectivity index (χ0) is 70.1. The molecule has 0 aromatic rings. The van der Waals surface area contributed by atoms with E-state index in [4.69, 9.17) is 37.0 Å². The van der Waals surface area contributed by atoms with Gasteiger partial charge in [-0.1, -0.05) is 337 Å². The Morgan fingerprint density at radius 1 is 0.284 bits per heavy atom. The van der Waals surface area contributed by atoms with Crippen LogP contribution in [0.25, 0.3) is 0 Å². The fourth-order valence-electron chi connectivity index (χ4n) is 11.6. The summed E-state index contributed by atoms with van der Waals surface area (Å²) < 4.78 is 68.5. The van der Waals surface area contributed by atoms with Crippen molar-refractivity contribution in [2.24, 2.45) is 17.8 Å². The number of aliphatic hydroxyl groups excluding tert-OH is 1. The van der Waals surface area contributed by atoms with Gasteiger partial charge in [-0.05, 0) is 43.4 Å². The number of phosphoric ester groups is 2. The Bertz CT molecular complexity index is 1850. The molecule has 17 nitrogen and oxygen atoms in total. The van der Waals surface area contributed by atoms with E-state index in [1.807, 2.05) is 0 Å². The first-order chi connectivity index (χ1) is 45.7. The van der Waals surface area contributed by atoms with Gasteiger partial charge in [0.2, 0.25) is 0 Å². The molecule has 0 heterocycles. The topological polar surface area (TPSA) is 237 Å². The molecule has 0 aliphatic heterocycles. The largest absolute Gasteiger partial charge is 0.472 e. The normalized spacial score (nSPS) is 14.1. The Hall–Kier alpha value is -1.94. The van der Waals surface area contributed by atoms with E-state index < -0.39 is 97.5 Å². The molecule has 0 aliphatic carbocycles. The predicted molar refractivity (Wildman–Crippen MR) is 386 cm³/mol. The van der Waals surface area contributed by atoms with Crippen LogP contribution >= 0.6 is 15.6 Å². The summed E-state index contributed by atoms with van der Waals surface area (Å²) in [5, 5.41) is 10.6. The summed E-state index contributed by atoms with van der Waals surface area (Å²) in [6.07, 6.45) is 52.9. The zero-order valence-electron chi connectivity index (χ0n) is 62.1. The van der Waals surface area contributed by atoms with Crippen LogP contribution < -0.4 is 0 Å². The number of aliphatic hydroxyl groups is 1. The molecule has 0 fully saturated rings. The molecule has 0 radical (unpaired) electrons. The van der Waals surface area contributed by atoms with Gasteiger partial charge in [-0.25, -0.2) is 9.13 Å². The van der Waals surface area contributed by atoms with Crippen molar-refractivity contribution in [3.05, 3.63) is 0 Å². The molecule has 0 bridgehead atoms. The second-order valence-corrected chi connectivity index (χ2v) is 31.7. The summed E-state index contributed by atoms with van der Waals surface area (Å²) >= 11 is 0. The molecule has 0 aliphatic rings. The standard InChI is InChI=1S/C76H148O17P2/c1-8-9-10-11-12-13-14-15-16-17-18-19-20-21-22-23-28-38-45-52-59-75(80)92-71(63-86-73(78)57-50-43-36-27-25-24-26-33-40-47-54-67(2)3)65-90-94(82,83)88-61-70(77)62-89-95(84,85)91-66-72(93-76(81)60-53-46-39-32-30-35-42-49-56-69(6)7)64-87-74(79)58-51-44-37-31-29-34-41-48-55-68(4)5/h67-72,77H,8-66H2,1-7H3,(H,82,83)(H,84,85)/t70-,71-,72-/m1/s1. The first-order valence-electron chi connectivity index (χ1n) is 39.3. The minimum Gasteiger partial charge on any atom is -0.462 e. The Labute approximate surface area is 581 Å². The Kier molecular flexibility index (Phi) is 65.2. The lowest BCUT2D eigenvalue weighted by atomic mass is 10.0. The Morgan fingerprint density at radius 3 is 0.716 bits per heavy atom. The highest BCUT2D eigenvalue weighted by molar-refractivity contribution is 7.47. The number of hydrogen-bond donors (Lipinski definition) is 3. The van der Waals surface area contributed by atoms with Crippen LogP contribution in [-0.4, -0.2) is 96.7 Å². The van der Waals surface area contributed by atoms with Gasteiger partial charge in [-0.2, -0.15) is 0 Å². The number of carbonyl (C=O) groups is 4. The van der Waals surface area contributed by atoms with Gasteiger partial charge in [-0.15, -0.1) is 0 Å². The minimum absolute atomic E-state index is 0.104. The van der Waals surface area contributed by atoms with E-state index >= 15 is 0 Å². The first kappa shape index (κ1) is 93.1. The smallest absolute Gasteiger partial charge is 0.462 e. The number of esters is 4. The molecule has 0 aromatic carbocycles. The van der Waals surface area contributed by atoms with Crippen molar-refractivity contribution in [1.29, 1.82) is 0 Å². The summed E-state index contributed by atoms with van der Waals surface area (Å²) in [5.74, 6) is 0.0818. The summed E-state index contributed by atoms with van der Waals surface area (Å²) in [7, 11) is -9.91. The van der Waals surface area contributed by atoms with Crippen molar-refractivity contribution >= 4 is 39.5 Å². The summed E-state index contributed by atoms with van der Waals surface area (Å²) in [6.45, 7) is 11.8. The van der Waals surface area contributed by atoms with Gasteiger partial charge in [0, 0.05) is 25.7 Å². The van der Waals surface area contributed by atoms with Crippen LogP contribution in [0, 0.1) is 17.8 Å². The van der Waals surface area contributed by atoms with Gasteiger partial charge >= 0.3 is 39.5 Å². The average molecular weight is 1400 g/mol. The number of phosphoric acid groups is 2. The van der Waals surface area contributed by atoms with Gasteiger partial charge in [0.1, 0.15) is 19.3 Å². The van der Waals surface area contributed by atoms with Crippen molar-refractivity contribution in [2.75, 3.05) is 39.6 Å². The maximum absolute atomic E-state index is 13.1. The third kappa shape index (κ3) is 70.3. The van der Waals surface area contributed by atoms with Crippen LogP contribution in [0.15, 0.2) is 0 Å². The molecule has 19 heteroatoms. The molecule has 95 heavy (non-hydrogen) atoms. The van der Waals surface area contributed by atoms with Crippen LogP contribution in [-0.2, 0) is 65.4 Å². The lowest BCUT2D eigenvalue weighted by Crippen LogP contribution is -2.30. The van der Waals surface area contributed by atoms with E-state index in [-0.39, 0.29) is 25.7 Å². The fourth-order valence-corrected chi connectivity index (χ4v) is 13.2. The third-order valence-corrected chi connectivity index (χ3v) is 19.5. The fraction of sp³-hybridized carbons (Fsp3) is 0.947. The van der Waals surface area contributed by atoms with E-state index in [9.17, 15) is 43.2 Å². The van der Waals surface area contributed by atoms with Crippen LogP contribution in [0.3, 0.4) is 0 Å². The van der Waals surface area contributed by atoms with Crippen LogP contribution in [0.1, 0.15) is 389 Å². The molecule has 0 saturated heterocycles. The monoisotopic (exact) mass is 1400 g/mol. The highest BCUT2D eigenvalue weighted by Gasteiger charge is 2.30. The molecule has 0 aromatic heterocycles. The number of hydrogen-bond acceptors (Lipinski definition) is 15. The Morgan fingerprint density at radius 2 is 0.484 bits per heavy atom. The maximum Gasteiger partial charge on any atom is 0.472 e. The van der Waals surface area contributed by atoms with E-state index in [0.717, 1.165) is 108 Å². The molecule has 564 valence electrons. The number of ether oxygens (including phenoxy) is 4. The first-order valence-corrected chi connectivity index (χ1v) is 42.3. The average Bonchev–Trinajstić information content (AvgIpc) is 3.58. The lowest BCUT2D eigenvalue weighted by Gasteiger charge is -2.21. The molecule has 3 N–H and O–H groups in total. The van der Waals surface area contributed by atoms with Crippen molar-refractivity contribution in [3.8, 4) is 0 Å². The molecular weight excluding hydrogens is 1250 g/mol. The quantitative estimate of drug-likeness (QED) is 0.0222. The minimum atomic E-state index is -4.96. The highest BCUT2D eigenvalue weighted by Crippen LogP contribution is 2.45. The van der Waals surface area contributed by atoms with Gasteiger partial charge < -0.3 is 33.8 Å². The molecule has 0 rings (SSSR count). The molecule has 5 atom stereocenters. The van der Waals surface area contributed by atoms with Crippen molar-refractivity contribution in [1.82, 2.24) is 0 Å². The maximum atomic E-state index is 13.1. The molecule has 0 saturated carbocycles. The van der Waals surface area contributed by atoms with Crippen LogP contribution in [0.5, 0.6) is 0 Å². The third-order valence-electron chi connectivity index (χ3n) is 17.6. The van der Waals surface area contributed by atoms with E-state index in [1.165, 1.54) is 199 Å². The second-order valence-electron chi connectivity index (χ2n) is 28.8. The SMILES string of the molecule is CCCCCCCCCCCCCCCCCCCCCCC(=O)O[C@H](COC(=O)CCCCCCCCCCCCC(C)C)COP(=O)(O)OC[C@@H](O)COP(=O)(O)OC[C@@H](COC(=O)CCCCCCCCCCC(C)C)OC(=O)CCCCCCCCCCC(C)C. The van der Waals surface area contributed by atoms with Gasteiger partial charge in [0.05, 0.1) is 26.4 Å². The molecule has 0 amide bonds. The summed E-state index contributed by atoms with van der Waals surface area (Å²) in [4.78, 5) is 72.8. The molecule has 2 unspecified atom stereocenters. The van der Waals surface area contributed by atoms with Crippen LogP contribution in [0.4, 0.5) is 0 Å². The van der Waals surface area contributed by atoms with Crippen LogP contribution in [0.2, 0.25) is 0 Å². The zero-order valence-corrected chi connectivity index (χ0v) is 63.9. The van der Waals surface area contributed by atoms with Gasteiger partial charge in [0.25, 0.3) is 0 Å². The number of carbonyl (C=O) groups excluding carboxylic acids is 4. The number of unbranched alkanes of at least 4 members (excludes halogenated alkanes) is 42. The van der Waals surface area contributed by atoms with Crippen molar-refractivity contribution < 1.29 is 80.2 Å². The predicted octanol–water partition coefficient (Wildman–Crippen LogP) is 22.2. The van der Waals surface area contributed by atoms with Gasteiger partial charge in [-0.3, -0.25) is 37.3 Å². The molecule has 0 spiro atoms. The van der Waals surface area contributed by atoms with E-state index in [0.29, 0.717) is 25.7 Å². The number of rotatable bonds is 74. The second kappa shape index (κ2) is 66.6. The van der Waals surface area contributed by atoms with Crippen molar-refractivity contribution in [2.45, 2.75) is 407 Å². The Balaban J connectivity index is 5.22.